The van der Waals surface area contributed by atoms with Gasteiger partial charge in [-0.1, -0.05) is 41.4 Å². The Balaban J connectivity index is 1.80. The summed E-state index contributed by atoms with van der Waals surface area (Å²) < 4.78 is 41.2. The van der Waals surface area contributed by atoms with Gasteiger partial charge in [-0.3, -0.25) is 4.79 Å². The lowest BCUT2D eigenvalue weighted by Gasteiger charge is -2.34. The summed E-state index contributed by atoms with van der Waals surface area (Å²) in [5.41, 5.74) is -2.91. The number of rotatable bonds is 4. The van der Waals surface area contributed by atoms with Gasteiger partial charge in [-0.15, -0.1) is 0 Å². The number of nitrogens with zero attached hydrogens (tertiary/aromatic N) is 3. The van der Waals surface area contributed by atoms with E-state index < -0.39 is 29.2 Å². The van der Waals surface area contributed by atoms with Gasteiger partial charge in [0.25, 0.3) is 5.91 Å². The van der Waals surface area contributed by atoms with Crippen LogP contribution in [0.4, 0.5) is 36.3 Å². The molecule has 1 aromatic heterocycles. The molecule has 2 heterocycles. The smallest absolute Gasteiger partial charge is 0.359 e. The van der Waals surface area contributed by atoms with E-state index in [1.807, 2.05) is 0 Å². The predicted molar refractivity (Wildman–Crippen MR) is 114 cm³/mol. The van der Waals surface area contributed by atoms with Crippen LogP contribution >= 0.6 is 23.2 Å². The highest BCUT2D eigenvalue weighted by Gasteiger charge is 2.51. The maximum atomic E-state index is 13.7. The number of carbonyl (C=O) groups excluding carboxylic acids is 1. The van der Waals surface area contributed by atoms with Gasteiger partial charge in [-0.2, -0.15) is 18.2 Å². The third-order valence-electron chi connectivity index (χ3n) is 4.92. The van der Waals surface area contributed by atoms with Crippen LogP contribution in [0.15, 0.2) is 48.7 Å². The van der Waals surface area contributed by atoms with Gasteiger partial charge >= 0.3 is 6.18 Å². The molecule has 0 fully saturated rings. The molecule has 1 aliphatic rings. The average Bonchev–Trinajstić information content (AvgIpc) is 3.00. The van der Waals surface area contributed by atoms with E-state index in [2.05, 4.69) is 20.6 Å². The summed E-state index contributed by atoms with van der Waals surface area (Å²) in [5.74, 6) is -1.83. The molecule has 12 heteroatoms. The number of aromatic nitrogens is 2. The Morgan fingerprint density at radius 1 is 1.16 bits per heavy atom. The zero-order valence-electron chi connectivity index (χ0n) is 16.2. The van der Waals surface area contributed by atoms with Gasteiger partial charge in [0, 0.05) is 30.2 Å². The lowest BCUT2D eigenvalue weighted by Crippen LogP contribution is -2.50. The van der Waals surface area contributed by atoms with Crippen molar-refractivity contribution >= 4 is 52.3 Å². The van der Waals surface area contributed by atoms with E-state index in [4.69, 9.17) is 23.2 Å². The van der Waals surface area contributed by atoms with Crippen molar-refractivity contribution in [2.75, 3.05) is 22.6 Å². The maximum absolute atomic E-state index is 13.7. The number of nitrogens with one attached hydrogen (secondary N) is 2. The highest BCUT2D eigenvalue weighted by atomic mass is 35.5. The Morgan fingerprint density at radius 2 is 1.88 bits per heavy atom. The van der Waals surface area contributed by atoms with Gasteiger partial charge in [-0.25, -0.2) is 4.98 Å². The molecule has 166 valence electrons. The molecule has 1 amide bonds. The number of hydrogen-bond donors (Lipinski definition) is 3. The molecule has 2 aromatic carbocycles. The molecule has 1 atom stereocenters. The fourth-order valence-corrected chi connectivity index (χ4v) is 3.60. The molecule has 0 bridgehead atoms. The second-order valence-corrected chi connectivity index (χ2v) is 7.73. The molecular formula is C20H14Cl2F3N5O2. The first-order valence-electron chi connectivity index (χ1n) is 9.05. The normalized spacial score (nSPS) is 17.7. The lowest BCUT2D eigenvalue weighted by atomic mass is 10.0. The quantitative estimate of drug-likeness (QED) is 0.462. The minimum Gasteiger partial charge on any atom is -0.359 e. The monoisotopic (exact) mass is 483 g/mol. The van der Waals surface area contributed by atoms with E-state index >= 15 is 0 Å². The Hall–Kier alpha value is -3.08. The summed E-state index contributed by atoms with van der Waals surface area (Å²) in [4.78, 5) is 21.0. The number of likely N-dealkylation sites (N-methyl/N-ethyl adjacent to an activating group) is 1. The van der Waals surface area contributed by atoms with Crippen LogP contribution in [-0.4, -0.2) is 28.0 Å². The molecule has 1 aliphatic heterocycles. The number of alkyl halides is 3. The van der Waals surface area contributed by atoms with Crippen LogP contribution in [0.3, 0.4) is 0 Å². The van der Waals surface area contributed by atoms with Gasteiger partial charge in [0.1, 0.15) is 11.4 Å². The van der Waals surface area contributed by atoms with Crippen LogP contribution in [0.2, 0.25) is 10.0 Å². The zero-order chi connectivity index (χ0) is 23.3. The summed E-state index contributed by atoms with van der Waals surface area (Å²) in [6.07, 6.45) is -4.28. The third kappa shape index (κ3) is 3.70. The van der Waals surface area contributed by atoms with Gasteiger partial charge in [0.2, 0.25) is 11.7 Å². The van der Waals surface area contributed by atoms with Gasteiger partial charge in [0.05, 0.1) is 10.0 Å². The first-order chi connectivity index (χ1) is 15.0. The van der Waals surface area contributed by atoms with Gasteiger partial charge < -0.3 is 20.6 Å². The molecule has 3 aromatic rings. The minimum atomic E-state index is -4.85. The summed E-state index contributed by atoms with van der Waals surface area (Å²) in [6.45, 7) is 0. The largest absolute Gasteiger partial charge is 0.421 e. The maximum Gasteiger partial charge on any atom is 0.421 e. The zero-order valence-corrected chi connectivity index (χ0v) is 17.7. The average molecular weight is 484 g/mol. The molecule has 4 rings (SSSR count). The number of amides is 1. The van der Waals surface area contributed by atoms with Crippen LogP contribution in [-0.2, 0) is 16.7 Å². The SMILES string of the molecule is CN(c1nc(Nc2ccc(Cl)c(Cl)c2)ncc1C(F)(F)F)C1(O)C(=O)Nc2ccccc21. The molecule has 0 aliphatic carbocycles. The van der Waals surface area contributed by atoms with Crippen molar-refractivity contribution < 1.29 is 23.1 Å². The third-order valence-corrected chi connectivity index (χ3v) is 5.66. The van der Waals surface area contributed by atoms with E-state index in [1.165, 1.54) is 30.3 Å². The van der Waals surface area contributed by atoms with Crippen LogP contribution in [0.1, 0.15) is 11.1 Å². The highest BCUT2D eigenvalue weighted by Crippen LogP contribution is 2.43. The van der Waals surface area contributed by atoms with E-state index in [0.29, 0.717) is 16.9 Å². The van der Waals surface area contributed by atoms with Crippen LogP contribution in [0.5, 0.6) is 0 Å². The number of aliphatic hydroxyl groups is 1. The molecule has 0 saturated carbocycles. The summed E-state index contributed by atoms with van der Waals surface area (Å²) >= 11 is 11.8. The van der Waals surface area contributed by atoms with E-state index in [-0.39, 0.29) is 22.2 Å². The Labute approximate surface area is 189 Å². The number of benzene rings is 2. The number of para-hydroxylation sites is 1. The predicted octanol–water partition coefficient (Wildman–Crippen LogP) is 4.78. The molecule has 3 N–H and O–H groups in total. The fraction of sp³-hybridized carbons (Fsp3) is 0.150. The minimum absolute atomic E-state index is 0.0956. The number of halogens is 5. The molecule has 1 unspecified atom stereocenters. The molecule has 0 spiro atoms. The topological polar surface area (TPSA) is 90.4 Å². The standard InChI is InChI=1S/C20H14Cl2F3N5O2/c1-30(19(32)11-4-2-3-5-15(11)28-17(19)31)16-12(20(23,24)25)9-26-18(29-16)27-10-6-7-13(21)14(22)8-10/h2-9,32H,1H3,(H,28,31)(H,26,27,29). The summed E-state index contributed by atoms with van der Waals surface area (Å²) in [5, 5.41) is 16.9. The van der Waals surface area contributed by atoms with Crippen LogP contribution in [0, 0.1) is 0 Å². The van der Waals surface area contributed by atoms with Crippen molar-refractivity contribution in [3.63, 3.8) is 0 Å². The molecule has 32 heavy (non-hydrogen) atoms. The van der Waals surface area contributed by atoms with Gasteiger partial charge in [0.15, 0.2) is 0 Å². The van der Waals surface area contributed by atoms with Crippen molar-refractivity contribution in [3.05, 3.63) is 69.8 Å². The van der Waals surface area contributed by atoms with Gasteiger partial charge in [-0.05, 0) is 24.3 Å². The second kappa shape index (κ2) is 7.80. The Kier molecular flexibility index (Phi) is 5.40. The molecular weight excluding hydrogens is 470 g/mol. The van der Waals surface area contributed by atoms with E-state index in [9.17, 15) is 23.1 Å². The van der Waals surface area contributed by atoms with Crippen molar-refractivity contribution in [2.24, 2.45) is 0 Å². The molecule has 7 nitrogen and oxygen atoms in total. The van der Waals surface area contributed by atoms with Crippen molar-refractivity contribution in [1.82, 2.24) is 9.97 Å². The Morgan fingerprint density at radius 3 is 2.56 bits per heavy atom. The molecule has 0 radical (unpaired) electrons. The van der Waals surface area contributed by atoms with Crippen molar-refractivity contribution in [3.8, 4) is 0 Å². The van der Waals surface area contributed by atoms with E-state index in [1.54, 1.807) is 12.1 Å². The van der Waals surface area contributed by atoms with Crippen molar-refractivity contribution in [2.45, 2.75) is 11.9 Å². The number of carbonyl (C=O) groups is 1. The van der Waals surface area contributed by atoms with Crippen molar-refractivity contribution in [1.29, 1.82) is 0 Å². The van der Waals surface area contributed by atoms with Crippen LogP contribution in [0.25, 0.3) is 0 Å². The first kappa shape index (κ1) is 22.1. The Bertz CT molecular complexity index is 1220. The number of fused-ring (bicyclic) bond motifs is 1. The summed E-state index contributed by atoms with van der Waals surface area (Å²) in [6, 6.07) is 10.6. The fourth-order valence-electron chi connectivity index (χ4n) is 3.31. The lowest BCUT2D eigenvalue weighted by molar-refractivity contribution is -0.139. The van der Waals surface area contributed by atoms with E-state index in [0.717, 1.165) is 11.9 Å². The first-order valence-corrected chi connectivity index (χ1v) is 9.81. The molecule has 0 saturated heterocycles. The summed E-state index contributed by atoms with van der Waals surface area (Å²) in [7, 11) is 1.14. The highest BCUT2D eigenvalue weighted by molar-refractivity contribution is 6.42. The number of anilines is 4. The second-order valence-electron chi connectivity index (χ2n) is 6.91. The van der Waals surface area contributed by atoms with Crippen LogP contribution < -0.4 is 15.5 Å². The number of hydrogen-bond acceptors (Lipinski definition) is 6.